The minimum absolute atomic E-state index is 0. The molecular weight excluding hydrogens is 761 g/mol. The Morgan fingerprint density at radius 2 is 1.47 bits per heavy atom. The third kappa shape index (κ3) is 6.93. The first-order chi connectivity index (χ1) is 24.8. The number of pyridine rings is 2. The summed E-state index contributed by atoms with van der Waals surface area (Å²) in [6, 6.07) is 36.4. The van der Waals surface area contributed by atoms with Crippen LogP contribution in [0.3, 0.4) is 0 Å². The molecule has 0 amide bonds. The molecule has 0 bridgehead atoms. The van der Waals surface area contributed by atoms with Gasteiger partial charge in [-0.25, -0.2) is 0 Å². The normalized spacial score (nSPS) is 15.0. The molecule has 1 radical (unpaired) electrons. The first kappa shape index (κ1) is 22.7. The van der Waals surface area contributed by atoms with Gasteiger partial charge < -0.3 is 9.97 Å². The van der Waals surface area contributed by atoms with Gasteiger partial charge in [-0.15, -0.1) is 59.7 Å². The molecular formula is C40H36IrN2SSi-2. The van der Waals surface area contributed by atoms with Gasteiger partial charge in [-0.05, 0) is 69.5 Å². The molecule has 5 heteroatoms. The van der Waals surface area contributed by atoms with Gasteiger partial charge in [-0.1, -0.05) is 91.3 Å². The Morgan fingerprint density at radius 1 is 0.689 bits per heavy atom. The minimum atomic E-state index is -2.66. The molecule has 0 aliphatic rings. The number of nitrogens with zero attached hydrogens (tertiary/aromatic N) is 2. The van der Waals surface area contributed by atoms with E-state index in [2.05, 4.69) is 53.9 Å². The van der Waals surface area contributed by atoms with Crippen LogP contribution in [0.2, 0.25) is 19.6 Å². The molecule has 0 spiro atoms. The quantitative estimate of drug-likeness (QED) is 0.131. The van der Waals surface area contributed by atoms with Crippen LogP contribution in [0.5, 0.6) is 0 Å². The summed E-state index contributed by atoms with van der Waals surface area (Å²) in [5.74, 6) is 0. The van der Waals surface area contributed by atoms with Crippen LogP contribution < -0.4 is 5.19 Å². The van der Waals surface area contributed by atoms with Gasteiger partial charge in [0.15, 0.2) is 0 Å². The number of hydrogen-bond donors (Lipinski definition) is 0. The average Bonchev–Trinajstić information content (AvgIpc) is 3.49. The molecule has 0 fully saturated rings. The van der Waals surface area contributed by atoms with E-state index in [9.17, 15) is 0 Å². The van der Waals surface area contributed by atoms with Gasteiger partial charge in [0.1, 0.15) is 0 Å². The van der Waals surface area contributed by atoms with E-state index in [-0.39, 0.29) is 42.5 Å². The Balaban J connectivity index is 0.000000276. The summed E-state index contributed by atoms with van der Waals surface area (Å²) < 4.78 is 73.1. The van der Waals surface area contributed by atoms with Crippen LogP contribution >= 0.6 is 11.3 Å². The molecule has 0 unspecified atom stereocenters. The number of aryl methyl sites for hydroxylation is 3. The van der Waals surface area contributed by atoms with Crippen LogP contribution in [0.25, 0.3) is 53.8 Å². The Bertz CT molecular complexity index is 2390. The largest absolute Gasteiger partial charge is 0.305 e. The van der Waals surface area contributed by atoms with E-state index in [1.54, 1.807) is 6.07 Å². The molecule has 0 saturated heterocycles. The molecule has 7 rings (SSSR count). The molecule has 0 aliphatic heterocycles. The monoisotopic (exact) mass is 806 g/mol. The molecule has 7 aromatic rings. The summed E-state index contributed by atoms with van der Waals surface area (Å²) in [6.45, 7) is -0.683. The molecule has 0 atom stereocenters. The number of rotatable bonds is 4. The minimum Gasteiger partial charge on any atom is -0.305 e. The van der Waals surface area contributed by atoms with Crippen LogP contribution in [0.4, 0.5) is 0 Å². The summed E-state index contributed by atoms with van der Waals surface area (Å²) in [4.78, 5) is 8.82. The van der Waals surface area contributed by atoms with Crippen molar-refractivity contribution in [2.45, 2.75) is 40.2 Å². The van der Waals surface area contributed by atoms with Gasteiger partial charge in [0.25, 0.3) is 0 Å². The third-order valence-electron chi connectivity index (χ3n) is 7.46. The Hall–Kier alpha value is -3.73. The molecule has 3 heterocycles. The van der Waals surface area contributed by atoms with E-state index >= 15 is 0 Å². The van der Waals surface area contributed by atoms with Gasteiger partial charge in [0, 0.05) is 49.5 Å². The molecule has 3 aromatic heterocycles. The zero-order chi connectivity index (χ0) is 38.3. The van der Waals surface area contributed by atoms with E-state index in [1.807, 2.05) is 79.0 Å². The zero-order valence-corrected chi connectivity index (χ0v) is 29.2. The van der Waals surface area contributed by atoms with E-state index < -0.39 is 28.6 Å². The van der Waals surface area contributed by atoms with Gasteiger partial charge in [0.2, 0.25) is 0 Å². The second-order valence-corrected chi connectivity index (χ2v) is 17.6. The molecule has 0 saturated carbocycles. The van der Waals surface area contributed by atoms with Crippen molar-refractivity contribution >= 4 is 44.8 Å². The summed E-state index contributed by atoms with van der Waals surface area (Å²) in [6.07, 6.45) is 3.10. The molecule has 0 aliphatic carbocycles. The first-order valence-electron chi connectivity index (χ1n) is 18.7. The summed E-state index contributed by atoms with van der Waals surface area (Å²) in [7, 11) is -1.23. The van der Waals surface area contributed by atoms with Crippen LogP contribution in [0, 0.1) is 32.7 Å². The van der Waals surface area contributed by atoms with E-state index in [1.165, 1.54) is 22.6 Å². The van der Waals surface area contributed by atoms with Crippen molar-refractivity contribution in [3.05, 3.63) is 138 Å². The van der Waals surface area contributed by atoms with Crippen molar-refractivity contribution in [2.24, 2.45) is 0 Å². The molecule has 4 aromatic carbocycles. The maximum absolute atomic E-state index is 8.32. The van der Waals surface area contributed by atoms with Crippen molar-refractivity contribution in [1.82, 2.24) is 9.97 Å². The van der Waals surface area contributed by atoms with E-state index in [0.29, 0.717) is 20.5 Å². The standard InChI is InChI=1S/C26H20NS.C14H16NSi.Ir/c1-16-14-24(27-15-17(16)2)23-11-7-10-21-22-13-12-20(19-8-5-4-6-9-19)18(3)25(22)28-26(21)23;1-16(2,3)13-9-10-14(15-11-13)12-7-5-4-6-8-12;/h4-10,12-15H,1-3H3;4-7,9-11H,1-3H3;/q2*-1;/i1D3,2D3,3D3;;. The van der Waals surface area contributed by atoms with Crippen molar-refractivity contribution in [3.8, 4) is 33.6 Å². The Labute approximate surface area is 298 Å². The van der Waals surface area contributed by atoms with Crippen molar-refractivity contribution in [3.63, 3.8) is 0 Å². The van der Waals surface area contributed by atoms with Gasteiger partial charge in [-0.3, -0.25) is 0 Å². The van der Waals surface area contributed by atoms with Gasteiger partial charge in [0.05, 0.1) is 8.07 Å². The molecule has 45 heavy (non-hydrogen) atoms. The molecule has 227 valence electrons. The maximum atomic E-state index is 8.32. The summed E-state index contributed by atoms with van der Waals surface area (Å²) >= 11 is 1.29. The summed E-state index contributed by atoms with van der Waals surface area (Å²) in [5.41, 5.74) is 3.85. The summed E-state index contributed by atoms with van der Waals surface area (Å²) in [5, 5.41) is 2.94. The smallest absolute Gasteiger partial charge is 0.0795 e. The molecule has 0 N–H and O–H groups in total. The number of thiophene rings is 1. The van der Waals surface area contributed by atoms with Crippen LogP contribution in [-0.2, 0) is 20.1 Å². The number of benzene rings is 4. The average molecular weight is 806 g/mol. The first-order valence-corrected chi connectivity index (χ1v) is 18.6. The van der Waals surface area contributed by atoms with Gasteiger partial charge >= 0.3 is 0 Å². The fourth-order valence-corrected chi connectivity index (χ4v) is 7.29. The Kier molecular flexibility index (Phi) is 6.93. The predicted molar refractivity (Wildman–Crippen MR) is 193 cm³/mol. The predicted octanol–water partition coefficient (Wildman–Crippen LogP) is 10.6. The van der Waals surface area contributed by atoms with Crippen LogP contribution in [0.15, 0.2) is 109 Å². The van der Waals surface area contributed by atoms with Crippen molar-refractivity contribution < 1.29 is 32.4 Å². The van der Waals surface area contributed by atoms with E-state index in [0.717, 1.165) is 33.8 Å². The van der Waals surface area contributed by atoms with Crippen LogP contribution in [-0.4, -0.2) is 18.0 Å². The second-order valence-electron chi connectivity index (χ2n) is 11.5. The number of aromatic nitrogens is 2. The number of fused-ring (bicyclic) bond motifs is 3. The van der Waals surface area contributed by atoms with Crippen LogP contribution in [0.1, 0.15) is 29.0 Å². The van der Waals surface area contributed by atoms with Crippen molar-refractivity contribution in [2.75, 3.05) is 0 Å². The van der Waals surface area contributed by atoms with Gasteiger partial charge in [-0.2, -0.15) is 11.3 Å². The number of hydrogen-bond acceptors (Lipinski definition) is 3. The SMILES string of the molecule is C[Si](C)(C)c1ccc(-c2[c-]cccc2)nc1.[2H]C([2H])([2H])c1cnc(-c2[c-]ccc3c2sc2c(C([2H])([2H])[2H])c(-c4ccccc4)ccc23)cc1C([2H])([2H])[2H].[Ir]. The fraction of sp³-hybridized carbons (Fsp3) is 0.150. The van der Waals surface area contributed by atoms with E-state index in [4.69, 9.17) is 12.3 Å². The molecule has 2 nitrogen and oxygen atoms in total. The Morgan fingerprint density at radius 3 is 2.16 bits per heavy atom. The van der Waals surface area contributed by atoms with Crippen molar-refractivity contribution in [1.29, 1.82) is 0 Å². The maximum Gasteiger partial charge on any atom is 0.0795 e. The fourth-order valence-electron chi connectivity index (χ4n) is 5.00. The zero-order valence-electron chi connectivity index (χ0n) is 34.0. The third-order valence-corrected chi connectivity index (χ3v) is 10.7. The second kappa shape index (κ2) is 13.7. The topological polar surface area (TPSA) is 25.8 Å².